The van der Waals surface area contributed by atoms with Crippen molar-refractivity contribution < 1.29 is 0 Å². The van der Waals surface area contributed by atoms with Crippen molar-refractivity contribution in [1.82, 2.24) is 0 Å². The van der Waals surface area contributed by atoms with Crippen LogP contribution >= 0.6 is 0 Å². The van der Waals surface area contributed by atoms with Crippen molar-refractivity contribution in [3.05, 3.63) is 33.7 Å². The molecule has 3 nitrogen and oxygen atoms in total. The molecule has 3 aliphatic rings. The summed E-state index contributed by atoms with van der Waals surface area (Å²) < 4.78 is 0. The zero-order valence-corrected chi connectivity index (χ0v) is 17.9. The van der Waals surface area contributed by atoms with Crippen LogP contribution in [0.5, 0.6) is 0 Å². The fourth-order valence-corrected chi connectivity index (χ4v) is 6.59. The van der Waals surface area contributed by atoms with E-state index in [4.69, 9.17) is 5.73 Å². The van der Waals surface area contributed by atoms with Gasteiger partial charge in [-0.1, -0.05) is 52.3 Å². The Morgan fingerprint density at radius 1 is 1.04 bits per heavy atom. The molecule has 0 saturated heterocycles. The first-order valence-corrected chi connectivity index (χ1v) is 10.8. The zero-order valence-electron chi connectivity index (χ0n) is 17.9. The second kappa shape index (κ2) is 6.14. The average molecular weight is 369 g/mol. The molecule has 0 amide bonds. The lowest BCUT2D eigenvalue weighted by atomic mass is 9.63. The van der Waals surface area contributed by atoms with Gasteiger partial charge < -0.3 is 5.73 Å². The van der Waals surface area contributed by atoms with Gasteiger partial charge in [0.05, 0.1) is 0 Å². The molecule has 27 heavy (non-hydrogen) atoms. The minimum absolute atomic E-state index is 0.0461. The molecule has 3 fully saturated rings. The van der Waals surface area contributed by atoms with Gasteiger partial charge in [0, 0.05) is 6.04 Å². The van der Waals surface area contributed by atoms with Gasteiger partial charge in [-0.2, -0.15) is 0 Å². The highest BCUT2D eigenvalue weighted by atomic mass is 16.3. The molecule has 1 aromatic carbocycles. The van der Waals surface area contributed by atoms with Gasteiger partial charge >= 0.3 is 0 Å². The topological polar surface area (TPSA) is 55.4 Å². The van der Waals surface area contributed by atoms with E-state index in [0.29, 0.717) is 23.8 Å². The van der Waals surface area contributed by atoms with E-state index in [0.717, 1.165) is 23.1 Å². The van der Waals surface area contributed by atoms with Crippen LogP contribution in [-0.4, -0.2) is 6.04 Å². The van der Waals surface area contributed by atoms with Crippen molar-refractivity contribution in [2.75, 3.05) is 0 Å². The molecule has 4 rings (SSSR count). The Morgan fingerprint density at radius 3 is 2.37 bits per heavy atom. The smallest absolute Gasteiger partial charge is 0.115 e. The minimum atomic E-state index is -0.125. The number of nitrogens with two attached hydrogens (primary N) is 1. The van der Waals surface area contributed by atoms with Crippen LogP contribution in [0.3, 0.4) is 0 Å². The molecule has 3 aliphatic carbocycles. The summed E-state index contributed by atoms with van der Waals surface area (Å²) in [6.07, 6.45) is 5.01. The molecule has 0 aromatic heterocycles. The van der Waals surface area contributed by atoms with E-state index in [1.165, 1.54) is 36.8 Å². The van der Waals surface area contributed by atoms with Gasteiger partial charge in [0.1, 0.15) is 5.69 Å². The third-order valence-electron chi connectivity index (χ3n) is 8.89. The molecule has 0 radical (unpaired) electrons. The van der Waals surface area contributed by atoms with Gasteiger partial charge in [-0.3, -0.25) is 0 Å². The second-order valence-corrected chi connectivity index (χ2v) is 11.2. The summed E-state index contributed by atoms with van der Waals surface area (Å²) in [5.74, 6) is 3.40. The van der Waals surface area contributed by atoms with Gasteiger partial charge in [-0.25, -0.2) is 0 Å². The maximum absolute atomic E-state index is 12.1. The van der Waals surface area contributed by atoms with Crippen LogP contribution in [0, 0.1) is 40.9 Å². The molecule has 3 saturated carbocycles. The highest BCUT2D eigenvalue weighted by Crippen LogP contribution is 2.64. The highest BCUT2D eigenvalue weighted by Gasteiger charge is 2.57. The number of nitrogens with zero attached hydrogens (tertiary/aromatic N) is 1. The van der Waals surface area contributed by atoms with E-state index in [1.807, 2.05) is 0 Å². The van der Waals surface area contributed by atoms with E-state index >= 15 is 0 Å². The first kappa shape index (κ1) is 19.1. The van der Waals surface area contributed by atoms with Crippen LogP contribution in [0.2, 0.25) is 0 Å². The van der Waals surface area contributed by atoms with E-state index < -0.39 is 0 Å². The van der Waals surface area contributed by atoms with Crippen LogP contribution < -0.4 is 5.73 Å². The summed E-state index contributed by atoms with van der Waals surface area (Å²) in [5.41, 5.74) is 10.7. The maximum Gasteiger partial charge on any atom is 0.115 e. The lowest BCUT2D eigenvalue weighted by molar-refractivity contribution is 0.217. The normalized spacial score (nSPS) is 35.5. The fraction of sp³-hybridized carbons (Fsp3) is 0.750. The van der Waals surface area contributed by atoms with E-state index in [9.17, 15) is 4.91 Å². The first-order valence-electron chi connectivity index (χ1n) is 10.8. The Bertz CT molecular complexity index is 760. The molecule has 0 heterocycles. The van der Waals surface area contributed by atoms with E-state index in [1.54, 1.807) is 0 Å². The molecule has 0 aliphatic heterocycles. The Labute approximate surface area is 164 Å². The van der Waals surface area contributed by atoms with Crippen molar-refractivity contribution in [3.8, 4) is 0 Å². The number of rotatable bonds is 3. The van der Waals surface area contributed by atoms with E-state index in [2.05, 4.69) is 58.9 Å². The molecule has 3 heteroatoms. The summed E-state index contributed by atoms with van der Waals surface area (Å²) in [4.78, 5) is 12.1. The van der Waals surface area contributed by atoms with Gasteiger partial charge in [0.2, 0.25) is 0 Å². The summed E-state index contributed by atoms with van der Waals surface area (Å²) in [5, 5.41) is 3.65. The lowest BCUT2D eigenvalue weighted by Crippen LogP contribution is -2.37. The number of aryl methyl sites for hydroxylation is 1. The quantitative estimate of drug-likeness (QED) is 0.646. The molecule has 6 atom stereocenters. The third kappa shape index (κ3) is 2.72. The molecular formula is C24H36N2O. The number of benzene rings is 1. The molecular weight excluding hydrogens is 332 g/mol. The van der Waals surface area contributed by atoms with Gasteiger partial charge in [0.25, 0.3) is 0 Å². The number of hydrogen-bond donors (Lipinski definition) is 1. The molecule has 2 N–H and O–H groups in total. The van der Waals surface area contributed by atoms with Crippen LogP contribution in [0.1, 0.15) is 82.9 Å². The predicted octanol–water partition coefficient (Wildman–Crippen LogP) is 6.19. The van der Waals surface area contributed by atoms with Gasteiger partial charge in [-0.05, 0) is 89.3 Å². The first-order chi connectivity index (χ1) is 12.6. The summed E-state index contributed by atoms with van der Waals surface area (Å²) >= 11 is 0. The number of nitroso groups, excluding NO2 is 1. The minimum Gasteiger partial charge on any atom is -0.327 e. The molecule has 148 valence electrons. The second-order valence-electron chi connectivity index (χ2n) is 11.2. The summed E-state index contributed by atoms with van der Waals surface area (Å²) in [6.45, 7) is 13.4. The standard InChI is InChI=1S/C24H36N2O/c1-13-9-17(22(26-27)19(10-13)24(5,6)23(2,3)4)16-8-7-15-14-11-18(21(15)16)20(25)12-14/h9-10,14-16,18,20-21H,7-8,11-12,25H2,1-6H3. The summed E-state index contributed by atoms with van der Waals surface area (Å²) in [7, 11) is 0. The SMILES string of the molecule is Cc1cc(C2CCC3C4CC(N)C(C4)C23)c(N=O)c(C(C)(C)C(C)(C)C)c1. The Balaban J connectivity index is 1.82. The third-order valence-corrected chi connectivity index (χ3v) is 8.89. The molecule has 6 unspecified atom stereocenters. The largest absolute Gasteiger partial charge is 0.327 e. The van der Waals surface area contributed by atoms with Crippen molar-refractivity contribution in [2.45, 2.75) is 84.6 Å². The maximum atomic E-state index is 12.1. The Hall–Kier alpha value is -1.22. The fourth-order valence-electron chi connectivity index (χ4n) is 6.59. The van der Waals surface area contributed by atoms with E-state index in [-0.39, 0.29) is 10.8 Å². The van der Waals surface area contributed by atoms with Crippen molar-refractivity contribution in [2.24, 2.45) is 40.0 Å². The number of fused-ring (bicyclic) bond motifs is 5. The van der Waals surface area contributed by atoms with Crippen molar-refractivity contribution in [1.29, 1.82) is 0 Å². The van der Waals surface area contributed by atoms with Gasteiger partial charge in [-0.15, -0.1) is 4.91 Å². The average Bonchev–Trinajstić information content (AvgIpc) is 3.24. The summed E-state index contributed by atoms with van der Waals surface area (Å²) in [6, 6.07) is 4.81. The van der Waals surface area contributed by atoms with Crippen molar-refractivity contribution in [3.63, 3.8) is 0 Å². The van der Waals surface area contributed by atoms with Crippen molar-refractivity contribution >= 4 is 5.69 Å². The molecule has 2 bridgehead atoms. The Kier molecular flexibility index (Phi) is 4.34. The highest BCUT2D eigenvalue weighted by molar-refractivity contribution is 5.60. The lowest BCUT2D eigenvalue weighted by Gasteiger charge is -2.41. The predicted molar refractivity (Wildman–Crippen MR) is 112 cm³/mol. The number of hydrogen-bond acceptors (Lipinski definition) is 3. The molecule has 0 spiro atoms. The van der Waals surface area contributed by atoms with Crippen LogP contribution in [0.15, 0.2) is 17.3 Å². The monoisotopic (exact) mass is 368 g/mol. The van der Waals surface area contributed by atoms with Crippen LogP contribution in [-0.2, 0) is 5.41 Å². The van der Waals surface area contributed by atoms with Crippen LogP contribution in [0.4, 0.5) is 5.69 Å². The molecule has 1 aromatic rings. The zero-order chi connectivity index (χ0) is 19.7. The van der Waals surface area contributed by atoms with Gasteiger partial charge in [0.15, 0.2) is 0 Å². The van der Waals surface area contributed by atoms with Crippen LogP contribution in [0.25, 0.3) is 0 Å². The Morgan fingerprint density at radius 2 is 1.74 bits per heavy atom.